The number of phenols is 1. The van der Waals surface area contributed by atoms with Gasteiger partial charge in [0.2, 0.25) is 11.9 Å². The zero-order valence-corrected chi connectivity index (χ0v) is 22.1. The number of primary amides is 1. The minimum atomic E-state index is -0.917. The number of fused-ring (bicyclic) bond motifs is 1. The number of nitrogens with two attached hydrogens (primary N) is 1. The van der Waals surface area contributed by atoms with Gasteiger partial charge in [0.1, 0.15) is 28.8 Å². The molecule has 4 aromatic rings. The summed E-state index contributed by atoms with van der Waals surface area (Å²) in [5, 5.41) is 12.4. The Kier molecular flexibility index (Phi) is 6.91. The Balaban J connectivity index is 1.54. The van der Waals surface area contributed by atoms with Crippen LogP contribution in [0.15, 0.2) is 35.5 Å². The molecule has 5 rings (SSSR count). The number of aryl methyl sites for hydroxylation is 1. The Hall–Kier alpha value is -4.16. The molecule has 1 aromatic carbocycles. The maximum absolute atomic E-state index is 14.5. The Morgan fingerprint density at radius 3 is 2.62 bits per heavy atom. The van der Waals surface area contributed by atoms with Gasteiger partial charge < -0.3 is 30.2 Å². The molecule has 4 N–H and O–H groups in total. The van der Waals surface area contributed by atoms with Crippen molar-refractivity contribution in [2.24, 2.45) is 12.8 Å². The van der Waals surface area contributed by atoms with Crippen molar-refractivity contribution in [1.82, 2.24) is 19.1 Å². The smallest absolute Gasteiger partial charge is 0.263 e. The molecule has 1 fully saturated rings. The van der Waals surface area contributed by atoms with E-state index in [-0.39, 0.29) is 38.9 Å². The van der Waals surface area contributed by atoms with Crippen LogP contribution in [0.3, 0.4) is 0 Å². The maximum atomic E-state index is 14.5. The van der Waals surface area contributed by atoms with Gasteiger partial charge in [0.05, 0.1) is 28.0 Å². The number of rotatable bonds is 6. The van der Waals surface area contributed by atoms with Crippen LogP contribution in [0.2, 0.25) is 10.0 Å². The molecule has 0 bridgehead atoms. The SMILES string of the molecule is Cn1cnc2c(c(-c3cc(Cl)c(O)c(C(N)=O)c3)cn2CC(=O)Nc2cc(N3CCCC3)nc(F)c2Cl)c1=O. The summed E-state index contributed by atoms with van der Waals surface area (Å²) in [6.07, 6.45) is 4.71. The van der Waals surface area contributed by atoms with Crippen molar-refractivity contribution < 1.29 is 19.1 Å². The van der Waals surface area contributed by atoms with Gasteiger partial charge >= 0.3 is 0 Å². The van der Waals surface area contributed by atoms with E-state index in [1.54, 1.807) is 0 Å². The molecule has 0 unspecified atom stereocenters. The zero-order chi connectivity index (χ0) is 28.0. The molecule has 2 amide bonds. The zero-order valence-electron chi connectivity index (χ0n) is 20.5. The normalized spacial score (nSPS) is 13.3. The molecule has 0 spiro atoms. The number of benzene rings is 1. The third-order valence-electron chi connectivity index (χ3n) is 6.50. The molecule has 0 radical (unpaired) electrons. The van der Waals surface area contributed by atoms with Crippen molar-refractivity contribution in [3.8, 4) is 16.9 Å². The second-order valence-corrected chi connectivity index (χ2v) is 9.91. The predicted octanol–water partition coefficient (Wildman–Crippen LogP) is 3.29. The molecule has 0 saturated carbocycles. The highest BCUT2D eigenvalue weighted by atomic mass is 35.5. The number of amides is 2. The first-order valence-corrected chi connectivity index (χ1v) is 12.6. The van der Waals surface area contributed by atoms with E-state index in [1.807, 2.05) is 4.90 Å². The van der Waals surface area contributed by atoms with E-state index in [0.29, 0.717) is 16.9 Å². The molecule has 14 heteroatoms. The molecule has 4 heterocycles. The largest absolute Gasteiger partial charge is 0.506 e. The number of hydrogen-bond acceptors (Lipinski definition) is 7. The first-order valence-electron chi connectivity index (χ1n) is 11.8. The van der Waals surface area contributed by atoms with Gasteiger partial charge in [0.25, 0.3) is 11.5 Å². The maximum Gasteiger partial charge on any atom is 0.263 e. The summed E-state index contributed by atoms with van der Waals surface area (Å²) in [5.41, 5.74) is 5.57. The van der Waals surface area contributed by atoms with Crippen LogP contribution in [-0.2, 0) is 18.4 Å². The Morgan fingerprint density at radius 1 is 1.21 bits per heavy atom. The van der Waals surface area contributed by atoms with Gasteiger partial charge in [-0.2, -0.15) is 4.39 Å². The van der Waals surface area contributed by atoms with E-state index < -0.39 is 29.1 Å². The third-order valence-corrected chi connectivity index (χ3v) is 7.15. The molecule has 1 aliphatic heterocycles. The summed E-state index contributed by atoms with van der Waals surface area (Å²) in [7, 11) is 1.51. The fourth-order valence-electron chi connectivity index (χ4n) is 4.58. The van der Waals surface area contributed by atoms with E-state index >= 15 is 0 Å². The van der Waals surface area contributed by atoms with Gasteiger partial charge in [-0.1, -0.05) is 23.2 Å². The third kappa shape index (κ3) is 4.88. The van der Waals surface area contributed by atoms with E-state index in [2.05, 4.69) is 15.3 Å². The van der Waals surface area contributed by atoms with Crippen molar-refractivity contribution >= 4 is 57.6 Å². The fourth-order valence-corrected chi connectivity index (χ4v) is 4.94. The minimum Gasteiger partial charge on any atom is -0.506 e. The first kappa shape index (κ1) is 26.4. The standard InChI is InChI=1S/C25H22Cl2FN7O4/c1-33-11-30-24-19(25(33)39)14(12-6-13(23(29)38)21(37)15(26)7-12)9-35(24)10-18(36)31-16-8-17(32-22(28)20(16)27)34-4-2-3-5-34/h6-9,11,37H,2-5,10H2,1H3,(H2,29,38)(H,31,32,36). The molecule has 202 valence electrons. The monoisotopic (exact) mass is 573 g/mol. The van der Waals surface area contributed by atoms with E-state index in [9.17, 15) is 23.9 Å². The summed E-state index contributed by atoms with van der Waals surface area (Å²) in [6.45, 7) is 1.13. The number of aromatic hydroxyl groups is 1. The second-order valence-electron chi connectivity index (χ2n) is 9.12. The average Bonchev–Trinajstić information content (AvgIpc) is 3.54. The number of nitrogens with zero attached hydrogens (tertiary/aromatic N) is 5. The molecule has 1 aliphatic rings. The number of carbonyl (C=O) groups excluding carboxylic acids is 2. The van der Waals surface area contributed by atoms with Crippen molar-refractivity contribution in [2.45, 2.75) is 19.4 Å². The highest BCUT2D eigenvalue weighted by Gasteiger charge is 2.23. The lowest BCUT2D eigenvalue weighted by molar-refractivity contribution is -0.116. The Morgan fingerprint density at radius 2 is 1.92 bits per heavy atom. The topological polar surface area (TPSA) is 148 Å². The number of anilines is 2. The van der Waals surface area contributed by atoms with Crippen molar-refractivity contribution in [1.29, 1.82) is 0 Å². The van der Waals surface area contributed by atoms with Crippen LogP contribution in [0, 0.1) is 5.95 Å². The summed E-state index contributed by atoms with van der Waals surface area (Å²) >= 11 is 12.2. The lowest BCUT2D eigenvalue weighted by atomic mass is 10.0. The number of pyridine rings is 1. The molecule has 11 nitrogen and oxygen atoms in total. The van der Waals surface area contributed by atoms with Crippen LogP contribution in [0.4, 0.5) is 15.9 Å². The number of nitrogens with one attached hydrogen (secondary N) is 1. The van der Waals surface area contributed by atoms with Gasteiger partial charge in [-0.05, 0) is 30.5 Å². The number of halogens is 3. The lowest BCUT2D eigenvalue weighted by Crippen LogP contribution is -2.22. The van der Waals surface area contributed by atoms with E-state index in [0.717, 1.165) is 25.9 Å². The van der Waals surface area contributed by atoms with Gasteiger partial charge in [-0.15, -0.1) is 0 Å². The summed E-state index contributed by atoms with van der Waals surface area (Å²) in [4.78, 5) is 48.1. The van der Waals surface area contributed by atoms with Gasteiger partial charge in [0.15, 0.2) is 0 Å². The van der Waals surface area contributed by atoms with Crippen molar-refractivity contribution in [3.05, 3.63) is 62.6 Å². The number of aromatic nitrogens is 4. The summed E-state index contributed by atoms with van der Waals surface area (Å²) in [6, 6.07) is 4.19. The second kappa shape index (κ2) is 10.2. The highest BCUT2D eigenvalue weighted by Crippen LogP contribution is 2.36. The Bertz CT molecular complexity index is 1710. The van der Waals surface area contributed by atoms with E-state index in [1.165, 1.54) is 46.9 Å². The van der Waals surface area contributed by atoms with Gasteiger partial charge in [-0.25, -0.2) is 9.97 Å². The average molecular weight is 574 g/mol. The number of hydrogen-bond donors (Lipinski definition) is 3. The fraction of sp³-hybridized carbons (Fsp3) is 0.240. The van der Waals surface area contributed by atoms with Crippen LogP contribution in [0.1, 0.15) is 23.2 Å². The summed E-state index contributed by atoms with van der Waals surface area (Å²) < 4.78 is 17.2. The van der Waals surface area contributed by atoms with Crippen molar-refractivity contribution in [2.75, 3.05) is 23.3 Å². The molecular weight excluding hydrogens is 552 g/mol. The van der Waals surface area contributed by atoms with Gasteiger partial charge in [-0.3, -0.25) is 14.4 Å². The van der Waals surface area contributed by atoms with Crippen LogP contribution in [0.25, 0.3) is 22.2 Å². The van der Waals surface area contributed by atoms with Crippen LogP contribution in [-0.4, -0.2) is 49.1 Å². The summed E-state index contributed by atoms with van der Waals surface area (Å²) in [5.74, 6) is -2.50. The molecule has 0 atom stereocenters. The number of carbonyl (C=O) groups is 2. The van der Waals surface area contributed by atoms with Crippen LogP contribution in [0.5, 0.6) is 5.75 Å². The molecular formula is C25H22Cl2FN7O4. The lowest BCUT2D eigenvalue weighted by Gasteiger charge is -2.18. The van der Waals surface area contributed by atoms with Gasteiger partial charge in [0, 0.05) is 38.0 Å². The predicted molar refractivity (Wildman–Crippen MR) is 145 cm³/mol. The van der Waals surface area contributed by atoms with Crippen molar-refractivity contribution in [3.63, 3.8) is 0 Å². The first-order chi connectivity index (χ1) is 18.5. The minimum absolute atomic E-state index is 0.0630. The van der Waals surface area contributed by atoms with E-state index in [4.69, 9.17) is 28.9 Å². The molecule has 3 aromatic heterocycles. The molecule has 39 heavy (non-hydrogen) atoms. The quantitative estimate of drug-likeness (QED) is 0.300. The molecule has 1 saturated heterocycles. The highest BCUT2D eigenvalue weighted by molar-refractivity contribution is 6.34. The van der Waals surface area contributed by atoms with Crippen LogP contribution >= 0.6 is 23.2 Å². The molecule has 0 aliphatic carbocycles. The Labute approximate surface area is 230 Å². The van der Waals surface area contributed by atoms with Crippen LogP contribution < -0.4 is 21.5 Å².